The SMILES string of the molecule is CCC(NC(=O)C1CCCCC1CN)c1ccc(Br)cc1. The number of rotatable bonds is 5. The monoisotopic (exact) mass is 352 g/mol. The summed E-state index contributed by atoms with van der Waals surface area (Å²) in [5.74, 6) is 0.620. The van der Waals surface area contributed by atoms with Gasteiger partial charge in [0.05, 0.1) is 6.04 Å². The second kappa shape index (κ2) is 7.95. The van der Waals surface area contributed by atoms with E-state index in [2.05, 4.69) is 40.3 Å². The number of nitrogens with two attached hydrogens (primary N) is 1. The number of halogens is 1. The van der Waals surface area contributed by atoms with E-state index in [0.29, 0.717) is 12.5 Å². The minimum Gasteiger partial charge on any atom is -0.349 e. The number of carbonyl (C=O) groups is 1. The van der Waals surface area contributed by atoms with Crippen LogP contribution in [0.15, 0.2) is 28.7 Å². The van der Waals surface area contributed by atoms with Crippen molar-refractivity contribution in [3.05, 3.63) is 34.3 Å². The van der Waals surface area contributed by atoms with Crippen LogP contribution in [0.3, 0.4) is 0 Å². The minimum absolute atomic E-state index is 0.0888. The van der Waals surface area contributed by atoms with Gasteiger partial charge in [-0.15, -0.1) is 0 Å². The first-order valence-electron chi connectivity index (χ1n) is 7.91. The maximum absolute atomic E-state index is 12.6. The fourth-order valence-electron chi connectivity index (χ4n) is 3.23. The van der Waals surface area contributed by atoms with Gasteiger partial charge < -0.3 is 11.1 Å². The zero-order valence-electron chi connectivity index (χ0n) is 12.6. The lowest BCUT2D eigenvalue weighted by molar-refractivity contribution is -0.128. The fraction of sp³-hybridized carbons (Fsp3) is 0.588. The van der Waals surface area contributed by atoms with E-state index in [1.807, 2.05) is 12.1 Å². The van der Waals surface area contributed by atoms with E-state index in [0.717, 1.165) is 35.7 Å². The summed E-state index contributed by atoms with van der Waals surface area (Å²) in [4.78, 5) is 12.6. The van der Waals surface area contributed by atoms with Crippen LogP contribution in [0.4, 0.5) is 0 Å². The fourth-order valence-corrected chi connectivity index (χ4v) is 3.49. The van der Waals surface area contributed by atoms with Gasteiger partial charge in [0.2, 0.25) is 5.91 Å². The van der Waals surface area contributed by atoms with Crippen LogP contribution in [-0.2, 0) is 4.79 Å². The average molecular weight is 353 g/mol. The molecule has 3 nitrogen and oxygen atoms in total. The van der Waals surface area contributed by atoms with E-state index in [1.54, 1.807) is 0 Å². The lowest BCUT2D eigenvalue weighted by atomic mass is 9.78. The number of benzene rings is 1. The number of carbonyl (C=O) groups excluding carboxylic acids is 1. The third-order valence-electron chi connectivity index (χ3n) is 4.55. The summed E-state index contributed by atoms with van der Waals surface area (Å²) in [6.07, 6.45) is 5.31. The molecule has 0 aromatic heterocycles. The molecule has 0 saturated heterocycles. The molecule has 3 N–H and O–H groups in total. The molecule has 0 radical (unpaired) electrons. The van der Waals surface area contributed by atoms with E-state index in [4.69, 9.17) is 5.73 Å². The van der Waals surface area contributed by atoms with Crippen LogP contribution < -0.4 is 11.1 Å². The average Bonchev–Trinajstić information content (AvgIpc) is 2.53. The number of nitrogens with one attached hydrogen (secondary N) is 1. The van der Waals surface area contributed by atoms with E-state index in [9.17, 15) is 4.79 Å². The Bertz CT molecular complexity index is 460. The standard InChI is InChI=1S/C17H25BrN2O/c1-2-16(12-7-9-14(18)10-8-12)20-17(21)15-6-4-3-5-13(15)11-19/h7-10,13,15-16H,2-6,11,19H2,1H3,(H,20,21). The van der Waals surface area contributed by atoms with Gasteiger partial charge in [0.25, 0.3) is 0 Å². The predicted octanol–water partition coefficient (Wildman–Crippen LogP) is 3.78. The predicted molar refractivity (Wildman–Crippen MR) is 89.8 cm³/mol. The Labute approximate surface area is 135 Å². The molecule has 4 heteroatoms. The van der Waals surface area contributed by atoms with Gasteiger partial charge in [-0.05, 0) is 49.4 Å². The Morgan fingerprint density at radius 1 is 1.33 bits per heavy atom. The summed E-state index contributed by atoms with van der Waals surface area (Å²) >= 11 is 3.45. The van der Waals surface area contributed by atoms with Crippen molar-refractivity contribution in [2.45, 2.75) is 45.1 Å². The van der Waals surface area contributed by atoms with Gasteiger partial charge in [0.1, 0.15) is 0 Å². The van der Waals surface area contributed by atoms with E-state index in [-0.39, 0.29) is 17.9 Å². The topological polar surface area (TPSA) is 55.1 Å². The largest absolute Gasteiger partial charge is 0.349 e. The second-order valence-corrected chi connectivity index (χ2v) is 6.82. The van der Waals surface area contributed by atoms with Crippen LogP contribution >= 0.6 is 15.9 Å². The zero-order chi connectivity index (χ0) is 15.2. The number of hydrogen-bond donors (Lipinski definition) is 2. The third-order valence-corrected chi connectivity index (χ3v) is 5.07. The third kappa shape index (κ3) is 4.30. The smallest absolute Gasteiger partial charge is 0.223 e. The van der Waals surface area contributed by atoms with Crippen molar-refractivity contribution in [3.63, 3.8) is 0 Å². The summed E-state index contributed by atoms with van der Waals surface area (Å²) < 4.78 is 1.06. The molecular formula is C17H25BrN2O. The van der Waals surface area contributed by atoms with Crippen molar-refractivity contribution in [1.82, 2.24) is 5.32 Å². The van der Waals surface area contributed by atoms with Crippen LogP contribution in [0.1, 0.15) is 50.6 Å². The Morgan fingerprint density at radius 3 is 2.62 bits per heavy atom. The molecule has 2 rings (SSSR count). The first-order chi connectivity index (χ1) is 10.2. The Kier molecular flexibility index (Phi) is 6.24. The number of hydrogen-bond acceptors (Lipinski definition) is 2. The summed E-state index contributed by atoms with van der Waals surface area (Å²) in [5, 5.41) is 3.23. The highest BCUT2D eigenvalue weighted by Gasteiger charge is 2.30. The summed E-state index contributed by atoms with van der Waals surface area (Å²) in [6.45, 7) is 2.72. The number of amides is 1. The highest BCUT2D eigenvalue weighted by atomic mass is 79.9. The molecule has 0 bridgehead atoms. The highest BCUT2D eigenvalue weighted by molar-refractivity contribution is 9.10. The van der Waals surface area contributed by atoms with Gasteiger partial charge in [-0.3, -0.25) is 4.79 Å². The van der Waals surface area contributed by atoms with Crippen LogP contribution in [0.2, 0.25) is 0 Å². The van der Waals surface area contributed by atoms with Gasteiger partial charge in [0.15, 0.2) is 0 Å². The minimum atomic E-state index is 0.0888. The summed E-state index contributed by atoms with van der Waals surface area (Å²) in [5.41, 5.74) is 7.00. The second-order valence-electron chi connectivity index (χ2n) is 5.91. The first-order valence-corrected chi connectivity index (χ1v) is 8.71. The molecular weight excluding hydrogens is 328 g/mol. The summed E-state index contributed by atoms with van der Waals surface area (Å²) in [6, 6.07) is 8.27. The lowest BCUT2D eigenvalue weighted by Gasteiger charge is -2.31. The van der Waals surface area contributed by atoms with Crippen molar-refractivity contribution in [3.8, 4) is 0 Å². The van der Waals surface area contributed by atoms with Gasteiger partial charge in [-0.2, -0.15) is 0 Å². The van der Waals surface area contributed by atoms with Crippen molar-refractivity contribution in [1.29, 1.82) is 0 Å². The van der Waals surface area contributed by atoms with Crippen molar-refractivity contribution >= 4 is 21.8 Å². The van der Waals surface area contributed by atoms with Crippen molar-refractivity contribution < 1.29 is 4.79 Å². The van der Waals surface area contributed by atoms with Crippen molar-refractivity contribution in [2.75, 3.05) is 6.54 Å². The first kappa shape index (κ1) is 16.5. The van der Waals surface area contributed by atoms with Gasteiger partial charge in [-0.1, -0.05) is 47.8 Å². The van der Waals surface area contributed by atoms with Crippen LogP contribution in [0.25, 0.3) is 0 Å². The van der Waals surface area contributed by atoms with Crippen molar-refractivity contribution in [2.24, 2.45) is 17.6 Å². The molecule has 3 unspecified atom stereocenters. The molecule has 1 aliphatic rings. The van der Waals surface area contributed by atoms with Crippen LogP contribution in [0.5, 0.6) is 0 Å². The Morgan fingerprint density at radius 2 is 2.00 bits per heavy atom. The lowest BCUT2D eigenvalue weighted by Crippen LogP contribution is -2.40. The van der Waals surface area contributed by atoms with Gasteiger partial charge in [-0.25, -0.2) is 0 Å². The normalized spacial score (nSPS) is 23.6. The van der Waals surface area contributed by atoms with Crippen LogP contribution in [-0.4, -0.2) is 12.5 Å². The molecule has 0 spiro atoms. The van der Waals surface area contributed by atoms with E-state index in [1.165, 1.54) is 6.42 Å². The molecule has 21 heavy (non-hydrogen) atoms. The highest BCUT2D eigenvalue weighted by Crippen LogP contribution is 2.30. The zero-order valence-corrected chi connectivity index (χ0v) is 14.2. The molecule has 1 aromatic carbocycles. The molecule has 1 aliphatic carbocycles. The molecule has 1 fully saturated rings. The van der Waals surface area contributed by atoms with E-state index >= 15 is 0 Å². The molecule has 1 amide bonds. The maximum atomic E-state index is 12.6. The molecule has 0 aliphatic heterocycles. The molecule has 3 atom stereocenters. The maximum Gasteiger partial charge on any atom is 0.223 e. The molecule has 116 valence electrons. The Hall–Kier alpha value is -0.870. The van der Waals surface area contributed by atoms with Crippen LogP contribution in [0, 0.1) is 11.8 Å². The summed E-state index contributed by atoms with van der Waals surface area (Å²) in [7, 11) is 0. The Balaban J connectivity index is 2.03. The quantitative estimate of drug-likeness (QED) is 0.846. The molecule has 1 saturated carbocycles. The van der Waals surface area contributed by atoms with Gasteiger partial charge >= 0.3 is 0 Å². The van der Waals surface area contributed by atoms with E-state index < -0.39 is 0 Å². The molecule has 0 heterocycles. The van der Waals surface area contributed by atoms with Gasteiger partial charge in [0, 0.05) is 10.4 Å². The molecule has 1 aromatic rings.